The summed E-state index contributed by atoms with van der Waals surface area (Å²) < 4.78 is 5.38. The van der Waals surface area contributed by atoms with Gasteiger partial charge in [0.2, 0.25) is 0 Å². The molecule has 0 aliphatic carbocycles. The van der Waals surface area contributed by atoms with Crippen molar-refractivity contribution in [3.8, 4) is 0 Å². The van der Waals surface area contributed by atoms with Crippen molar-refractivity contribution < 1.29 is 19.2 Å². The molecule has 2 aliphatic rings. The van der Waals surface area contributed by atoms with Gasteiger partial charge in [0.15, 0.2) is 0 Å². The summed E-state index contributed by atoms with van der Waals surface area (Å²) in [6, 6.07) is 5.34. The third-order valence-corrected chi connectivity index (χ3v) is 5.80. The van der Waals surface area contributed by atoms with Gasteiger partial charge in [0, 0.05) is 0 Å². The first-order chi connectivity index (χ1) is 13.4. The van der Waals surface area contributed by atoms with Gasteiger partial charge < -0.3 is 20.3 Å². The topological polar surface area (TPSA) is 71.9 Å². The van der Waals surface area contributed by atoms with Crippen LogP contribution >= 0.6 is 0 Å². The number of quaternary nitrogens is 1. The fourth-order valence-corrected chi connectivity index (χ4v) is 4.11. The van der Waals surface area contributed by atoms with Crippen LogP contribution in [-0.4, -0.2) is 38.2 Å². The molecule has 0 unspecified atom stereocenters. The van der Waals surface area contributed by atoms with E-state index >= 15 is 0 Å². The molecule has 1 aromatic rings. The fourth-order valence-electron chi connectivity index (χ4n) is 4.11. The van der Waals surface area contributed by atoms with Gasteiger partial charge in [0.05, 0.1) is 37.0 Å². The van der Waals surface area contributed by atoms with Crippen molar-refractivity contribution in [2.24, 2.45) is 5.92 Å². The molecule has 1 atom stereocenters. The Morgan fingerprint density at radius 3 is 2.64 bits per heavy atom. The number of urea groups is 1. The summed E-state index contributed by atoms with van der Waals surface area (Å²) in [5.74, 6) is 0.383. The first-order valence-electron chi connectivity index (χ1n) is 10.3. The SMILES string of the molecule is CCOC(=O)C1=C(C[NH+]2CCC(C)CC2)NC(=O)N[C@H]1c1cc(C)ccc1C. The van der Waals surface area contributed by atoms with E-state index in [1.165, 1.54) is 17.7 Å². The Hall–Kier alpha value is -2.34. The van der Waals surface area contributed by atoms with Gasteiger partial charge in [-0.05, 0) is 50.7 Å². The molecule has 152 valence electrons. The molecule has 28 heavy (non-hydrogen) atoms. The minimum absolute atomic E-state index is 0.265. The molecule has 6 nitrogen and oxygen atoms in total. The Labute approximate surface area is 167 Å². The number of rotatable bonds is 5. The highest BCUT2D eigenvalue weighted by Crippen LogP contribution is 2.30. The van der Waals surface area contributed by atoms with E-state index in [1.807, 2.05) is 32.0 Å². The molecule has 0 saturated carbocycles. The van der Waals surface area contributed by atoms with Crippen LogP contribution in [0, 0.1) is 19.8 Å². The minimum atomic E-state index is -0.495. The zero-order valence-corrected chi connectivity index (χ0v) is 17.4. The average molecular weight is 387 g/mol. The Morgan fingerprint density at radius 2 is 1.96 bits per heavy atom. The number of piperidine rings is 1. The van der Waals surface area contributed by atoms with E-state index in [0.717, 1.165) is 35.7 Å². The highest BCUT2D eigenvalue weighted by atomic mass is 16.5. The zero-order valence-electron chi connectivity index (χ0n) is 17.4. The highest BCUT2D eigenvalue weighted by molar-refractivity contribution is 5.95. The Balaban J connectivity index is 2.00. The molecule has 0 bridgehead atoms. The second kappa shape index (κ2) is 8.78. The first-order valence-corrected chi connectivity index (χ1v) is 10.3. The van der Waals surface area contributed by atoms with E-state index in [4.69, 9.17) is 4.74 Å². The molecule has 0 aromatic heterocycles. The summed E-state index contributed by atoms with van der Waals surface area (Å²) in [7, 11) is 0. The normalized spacial score (nSPS) is 25.1. The number of nitrogens with one attached hydrogen (secondary N) is 3. The monoisotopic (exact) mass is 386 g/mol. The Morgan fingerprint density at radius 1 is 1.25 bits per heavy atom. The lowest BCUT2D eigenvalue weighted by atomic mass is 9.90. The van der Waals surface area contributed by atoms with Crippen LogP contribution in [0.3, 0.4) is 0 Å². The van der Waals surface area contributed by atoms with Crippen molar-refractivity contribution in [2.75, 3.05) is 26.2 Å². The van der Waals surface area contributed by atoms with Gasteiger partial charge >= 0.3 is 12.0 Å². The smallest absolute Gasteiger partial charge is 0.338 e. The number of esters is 1. The third-order valence-electron chi connectivity index (χ3n) is 5.80. The standard InChI is InChI=1S/C22H31N3O3/c1-5-28-21(26)19-18(13-25-10-8-14(2)9-11-25)23-22(27)24-20(19)17-12-15(3)6-7-16(17)4/h6-7,12,14,20H,5,8-11,13H2,1-4H3,(H2,23,24,27)/p+1/t20-/m0/s1. The molecule has 0 radical (unpaired) electrons. The predicted molar refractivity (Wildman–Crippen MR) is 108 cm³/mol. The van der Waals surface area contributed by atoms with Crippen LogP contribution < -0.4 is 15.5 Å². The molecule has 0 spiro atoms. The second-order valence-electron chi connectivity index (χ2n) is 8.11. The van der Waals surface area contributed by atoms with E-state index in [1.54, 1.807) is 6.92 Å². The number of benzene rings is 1. The van der Waals surface area contributed by atoms with Gasteiger partial charge in [-0.1, -0.05) is 30.7 Å². The maximum Gasteiger partial charge on any atom is 0.338 e. The average Bonchev–Trinajstić information content (AvgIpc) is 2.65. The summed E-state index contributed by atoms with van der Waals surface area (Å²) in [4.78, 5) is 26.8. The Bertz CT molecular complexity index is 779. The molecular formula is C22H32N3O3+. The van der Waals surface area contributed by atoms with Crippen LogP contribution in [-0.2, 0) is 9.53 Å². The van der Waals surface area contributed by atoms with Crippen LogP contribution in [0.2, 0.25) is 0 Å². The lowest BCUT2D eigenvalue weighted by molar-refractivity contribution is -0.901. The molecule has 1 saturated heterocycles. The third kappa shape index (κ3) is 4.55. The van der Waals surface area contributed by atoms with Crippen molar-refractivity contribution in [3.05, 3.63) is 46.2 Å². The summed E-state index contributed by atoms with van der Waals surface area (Å²) >= 11 is 0. The number of hydrogen-bond donors (Lipinski definition) is 3. The minimum Gasteiger partial charge on any atom is -0.463 e. The molecule has 3 N–H and O–H groups in total. The van der Waals surface area contributed by atoms with Crippen molar-refractivity contribution in [1.82, 2.24) is 10.6 Å². The van der Waals surface area contributed by atoms with Crippen LogP contribution in [0.1, 0.15) is 49.4 Å². The molecule has 6 heteroatoms. The van der Waals surface area contributed by atoms with Crippen LogP contribution in [0.15, 0.2) is 29.5 Å². The lowest BCUT2D eigenvalue weighted by Gasteiger charge is -2.33. The van der Waals surface area contributed by atoms with Crippen molar-refractivity contribution in [3.63, 3.8) is 0 Å². The van der Waals surface area contributed by atoms with Gasteiger partial charge in [0.1, 0.15) is 6.54 Å². The predicted octanol–water partition coefficient (Wildman–Crippen LogP) is 1.79. The van der Waals surface area contributed by atoms with Gasteiger partial charge in [-0.25, -0.2) is 9.59 Å². The van der Waals surface area contributed by atoms with E-state index in [9.17, 15) is 9.59 Å². The van der Waals surface area contributed by atoms with Gasteiger partial charge in [-0.2, -0.15) is 0 Å². The van der Waals surface area contributed by atoms with E-state index in [2.05, 4.69) is 17.6 Å². The van der Waals surface area contributed by atoms with E-state index in [0.29, 0.717) is 24.4 Å². The van der Waals surface area contributed by atoms with Gasteiger partial charge in [0.25, 0.3) is 0 Å². The zero-order chi connectivity index (χ0) is 20.3. The quantitative estimate of drug-likeness (QED) is 0.676. The Kier molecular flexibility index (Phi) is 6.39. The number of amides is 2. The molecule has 2 aliphatic heterocycles. The van der Waals surface area contributed by atoms with Gasteiger partial charge in [-0.15, -0.1) is 0 Å². The molecule has 1 fully saturated rings. The number of carbonyl (C=O) groups excluding carboxylic acids is 2. The van der Waals surface area contributed by atoms with Crippen LogP contribution in [0.4, 0.5) is 4.79 Å². The molecule has 2 amide bonds. The summed E-state index contributed by atoms with van der Waals surface area (Å²) in [5, 5.41) is 5.85. The number of hydrogen-bond acceptors (Lipinski definition) is 3. The maximum atomic E-state index is 12.9. The highest BCUT2D eigenvalue weighted by Gasteiger charge is 2.36. The fraction of sp³-hybridized carbons (Fsp3) is 0.545. The molecule has 3 rings (SSSR count). The maximum absolute atomic E-state index is 12.9. The molecule has 1 aromatic carbocycles. The van der Waals surface area contributed by atoms with Crippen LogP contribution in [0.5, 0.6) is 0 Å². The second-order valence-corrected chi connectivity index (χ2v) is 8.11. The number of aryl methyl sites for hydroxylation is 2. The van der Waals surface area contributed by atoms with Crippen molar-refractivity contribution in [1.29, 1.82) is 0 Å². The summed E-state index contributed by atoms with van der Waals surface area (Å²) in [6.07, 6.45) is 2.34. The number of ether oxygens (including phenoxy) is 1. The summed E-state index contributed by atoms with van der Waals surface area (Å²) in [5.41, 5.74) is 4.29. The molecular weight excluding hydrogens is 354 g/mol. The lowest BCUT2D eigenvalue weighted by Crippen LogP contribution is -3.13. The molecule has 2 heterocycles. The van der Waals surface area contributed by atoms with Gasteiger partial charge in [-0.3, -0.25) is 0 Å². The van der Waals surface area contributed by atoms with E-state index < -0.39 is 6.04 Å². The van der Waals surface area contributed by atoms with Crippen molar-refractivity contribution in [2.45, 2.75) is 46.6 Å². The number of carbonyl (C=O) groups is 2. The largest absolute Gasteiger partial charge is 0.463 e. The van der Waals surface area contributed by atoms with Crippen molar-refractivity contribution >= 4 is 12.0 Å². The first kappa shape index (κ1) is 20.4. The van der Waals surface area contributed by atoms with E-state index in [-0.39, 0.29) is 12.0 Å². The summed E-state index contributed by atoms with van der Waals surface area (Å²) in [6.45, 7) is 11.1. The number of likely N-dealkylation sites (tertiary alicyclic amines) is 1. The van der Waals surface area contributed by atoms with Crippen LogP contribution in [0.25, 0.3) is 0 Å².